The number of aryl methyl sites for hydroxylation is 1. The summed E-state index contributed by atoms with van der Waals surface area (Å²) in [6.07, 6.45) is 3.36. The number of hydrogen-bond donors (Lipinski definition) is 0. The highest BCUT2D eigenvalue weighted by Crippen LogP contribution is 2.50. The van der Waals surface area contributed by atoms with Crippen LogP contribution in [0.5, 0.6) is 0 Å². The number of fused-ring (bicyclic) bond motifs is 4. The lowest BCUT2D eigenvalue weighted by atomic mass is 9.81. The van der Waals surface area contributed by atoms with Crippen molar-refractivity contribution in [3.05, 3.63) is 156 Å². The SMILES string of the molecule is CC1(C)c2cc(-c3cccc(-c4ccc([Si](C)(C)C)cc4)c3)ccc2-c2ccc(-c3nc(-c4ccccc4)nc(-c4cccc5c4CCC5)n3)cc21. The van der Waals surface area contributed by atoms with Crippen molar-refractivity contribution in [1.82, 2.24) is 15.0 Å². The Bertz CT molecular complexity index is 2490. The van der Waals surface area contributed by atoms with Crippen molar-refractivity contribution in [2.24, 2.45) is 0 Å². The van der Waals surface area contributed by atoms with Crippen LogP contribution in [0.25, 0.3) is 67.5 Å². The van der Waals surface area contributed by atoms with Gasteiger partial charge in [0.2, 0.25) is 0 Å². The lowest BCUT2D eigenvalue weighted by Crippen LogP contribution is -2.37. The van der Waals surface area contributed by atoms with E-state index < -0.39 is 8.07 Å². The molecular formula is C48H43N3Si. The van der Waals surface area contributed by atoms with Gasteiger partial charge < -0.3 is 0 Å². The minimum absolute atomic E-state index is 0.195. The average Bonchev–Trinajstić information content (AvgIpc) is 3.75. The highest BCUT2D eigenvalue weighted by atomic mass is 28.3. The van der Waals surface area contributed by atoms with Crippen molar-refractivity contribution in [2.45, 2.75) is 58.2 Å². The second kappa shape index (κ2) is 12.4. The first kappa shape index (κ1) is 32.5. The highest BCUT2D eigenvalue weighted by Gasteiger charge is 2.36. The van der Waals surface area contributed by atoms with Crippen LogP contribution in [0.4, 0.5) is 0 Å². The molecule has 254 valence electrons. The van der Waals surface area contributed by atoms with Gasteiger partial charge in [0.1, 0.15) is 0 Å². The van der Waals surface area contributed by atoms with Crippen molar-refractivity contribution in [3.8, 4) is 67.5 Å². The average molecular weight is 690 g/mol. The largest absolute Gasteiger partial charge is 0.208 e. The third-order valence-electron chi connectivity index (χ3n) is 11.3. The molecule has 0 atom stereocenters. The van der Waals surface area contributed by atoms with Gasteiger partial charge in [-0.3, -0.25) is 0 Å². The first-order valence-corrected chi connectivity index (χ1v) is 22.1. The third kappa shape index (κ3) is 5.63. The standard InChI is InChI=1S/C48H43N3Si/c1-48(2)43-29-36(35-17-9-16-34(28-35)31-20-24-38(25-21-31)52(3,4)5)22-26-40(43)41-27-23-37(30-44(41)48)46-49-45(33-12-7-6-8-13-33)50-47(51-46)42-19-11-15-32-14-10-18-39(32)42/h6-9,11-13,15-17,19-30H,10,14,18H2,1-5H3. The van der Waals surface area contributed by atoms with Crippen molar-refractivity contribution in [1.29, 1.82) is 0 Å². The minimum atomic E-state index is -1.34. The van der Waals surface area contributed by atoms with E-state index in [4.69, 9.17) is 15.0 Å². The van der Waals surface area contributed by atoms with Gasteiger partial charge in [-0.2, -0.15) is 0 Å². The van der Waals surface area contributed by atoms with Crippen molar-refractivity contribution < 1.29 is 0 Å². The smallest absolute Gasteiger partial charge is 0.164 e. The van der Waals surface area contributed by atoms with E-state index in [2.05, 4.69) is 149 Å². The van der Waals surface area contributed by atoms with E-state index in [1.54, 1.807) is 0 Å². The molecule has 0 saturated heterocycles. The Kier molecular flexibility index (Phi) is 7.71. The molecule has 7 aromatic rings. The topological polar surface area (TPSA) is 38.7 Å². The molecule has 52 heavy (non-hydrogen) atoms. The maximum Gasteiger partial charge on any atom is 0.164 e. The van der Waals surface area contributed by atoms with Gasteiger partial charge in [-0.15, -0.1) is 0 Å². The van der Waals surface area contributed by atoms with Gasteiger partial charge in [0.05, 0.1) is 8.07 Å². The summed E-state index contributed by atoms with van der Waals surface area (Å²) in [5.41, 5.74) is 16.0. The minimum Gasteiger partial charge on any atom is -0.208 e. The number of nitrogens with zero attached hydrogens (tertiary/aromatic N) is 3. The first-order valence-electron chi connectivity index (χ1n) is 18.6. The Morgan fingerprint density at radius 3 is 1.73 bits per heavy atom. The summed E-state index contributed by atoms with van der Waals surface area (Å²) in [7, 11) is -1.34. The Labute approximate surface area is 308 Å². The lowest BCUT2D eigenvalue weighted by molar-refractivity contribution is 0.661. The van der Waals surface area contributed by atoms with E-state index in [1.165, 1.54) is 67.2 Å². The molecule has 2 aliphatic rings. The van der Waals surface area contributed by atoms with Crippen molar-refractivity contribution in [3.63, 3.8) is 0 Å². The van der Waals surface area contributed by atoms with Crippen molar-refractivity contribution >= 4 is 13.3 Å². The predicted molar refractivity (Wildman–Crippen MR) is 220 cm³/mol. The van der Waals surface area contributed by atoms with E-state index in [-0.39, 0.29) is 5.41 Å². The van der Waals surface area contributed by atoms with Crippen LogP contribution in [0.15, 0.2) is 133 Å². The van der Waals surface area contributed by atoms with E-state index in [9.17, 15) is 0 Å². The van der Waals surface area contributed by atoms with Gasteiger partial charge >= 0.3 is 0 Å². The molecule has 0 bridgehead atoms. The normalized spacial score (nSPS) is 14.2. The number of hydrogen-bond acceptors (Lipinski definition) is 3. The maximum absolute atomic E-state index is 5.18. The summed E-state index contributed by atoms with van der Waals surface area (Å²) in [6, 6.07) is 48.9. The second-order valence-corrected chi connectivity index (χ2v) is 21.1. The molecule has 0 unspecified atom stereocenters. The summed E-state index contributed by atoms with van der Waals surface area (Å²) < 4.78 is 0. The van der Waals surface area contributed by atoms with E-state index in [0.29, 0.717) is 11.6 Å². The molecule has 9 rings (SSSR count). The van der Waals surface area contributed by atoms with Gasteiger partial charge in [-0.05, 0) is 93.1 Å². The summed E-state index contributed by atoms with van der Waals surface area (Å²) >= 11 is 0. The molecule has 6 aromatic carbocycles. The van der Waals surface area contributed by atoms with Crippen LogP contribution in [0.2, 0.25) is 19.6 Å². The number of benzene rings is 6. The Balaban J connectivity index is 1.09. The zero-order valence-corrected chi connectivity index (χ0v) is 31.7. The lowest BCUT2D eigenvalue weighted by Gasteiger charge is -2.22. The summed E-state index contributed by atoms with van der Waals surface area (Å²) in [4.78, 5) is 15.3. The van der Waals surface area contributed by atoms with Crippen LogP contribution in [0, 0.1) is 0 Å². The molecular weight excluding hydrogens is 647 g/mol. The molecule has 3 nitrogen and oxygen atoms in total. The van der Waals surface area contributed by atoms with Gasteiger partial charge in [0.15, 0.2) is 17.5 Å². The van der Waals surface area contributed by atoms with Crippen LogP contribution in [0.1, 0.15) is 42.5 Å². The van der Waals surface area contributed by atoms with Gasteiger partial charge in [-0.1, -0.05) is 154 Å². The van der Waals surface area contributed by atoms with Crippen LogP contribution >= 0.6 is 0 Å². The summed E-state index contributed by atoms with van der Waals surface area (Å²) in [5.74, 6) is 2.17. The molecule has 0 fully saturated rings. The van der Waals surface area contributed by atoms with E-state index >= 15 is 0 Å². The maximum atomic E-state index is 5.18. The molecule has 0 spiro atoms. The zero-order chi connectivity index (χ0) is 35.6. The zero-order valence-electron chi connectivity index (χ0n) is 30.7. The molecule has 0 aliphatic heterocycles. The molecule has 4 heteroatoms. The highest BCUT2D eigenvalue weighted by molar-refractivity contribution is 6.88. The Morgan fingerprint density at radius 2 is 1.02 bits per heavy atom. The van der Waals surface area contributed by atoms with E-state index in [0.717, 1.165) is 35.4 Å². The summed E-state index contributed by atoms with van der Waals surface area (Å²) in [6.45, 7) is 11.9. The number of aromatic nitrogens is 3. The summed E-state index contributed by atoms with van der Waals surface area (Å²) in [5, 5.41) is 1.49. The molecule has 0 N–H and O–H groups in total. The molecule has 0 saturated carbocycles. The van der Waals surface area contributed by atoms with Gasteiger partial charge in [0, 0.05) is 22.1 Å². The molecule has 2 aliphatic carbocycles. The second-order valence-electron chi connectivity index (χ2n) is 16.0. The van der Waals surface area contributed by atoms with Gasteiger partial charge in [0.25, 0.3) is 0 Å². The Morgan fingerprint density at radius 1 is 0.462 bits per heavy atom. The third-order valence-corrected chi connectivity index (χ3v) is 13.3. The fourth-order valence-corrected chi connectivity index (χ4v) is 9.43. The predicted octanol–water partition coefficient (Wildman–Crippen LogP) is 11.5. The van der Waals surface area contributed by atoms with Crippen LogP contribution in [-0.4, -0.2) is 23.0 Å². The van der Waals surface area contributed by atoms with Crippen LogP contribution in [-0.2, 0) is 18.3 Å². The molecule has 1 aromatic heterocycles. The molecule has 1 heterocycles. The van der Waals surface area contributed by atoms with Gasteiger partial charge in [-0.25, -0.2) is 15.0 Å². The first-order chi connectivity index (χ1) is 25.1. The monoisotopic (exact) mass is 689 g/mol. The quantitative estimate of drug-likeness (QED) is 0.163. The Hall–Kier alpha value is -5.45. The molecule has 0 amide bonds. The van der Waals surface area contributed by atoms with Crippen molar-refractivity contribution in [2.75, 3.05) is 0 Å². The van der Waals surface area contributed by atoms with Crippen LogP contribution < -0.4 is 5.19 Å². The van der Waals surface area contributed by atoms with E-state index in [1.807, 2.05) is 18.2 Å². The number of rotatable bonds is 6. The molecule has 0 radical (unpaired) electrons. The van der Waals surface area contributed by atoms with Crippen LogP contribution in [0.3, 0.4) is 0 Å². The fourth-order valence-electron chi connectivity index (χ4n) is 8.27. The fraction of sp³-hybridized carbons (Fsp3) is 0.188.